The highest BCUT2D eigenvalue weighted by atomic mass is 16.5. The third-order valence-corrected chi connectivity index (χ3v) is 6.33. The Morgan fingerprint density at radius 3 is 2.44 bits per heavy atom. The molecule has 3 fully saturated rings. The Labute approximate surface area is 110 Å². The predicted molar refractivity (Wildman–Crippen MR) is 69.1 cm³/mol. The lowest BCUT2D eigenvalue weighted by Gasteiger charge is -2.61. The highest BCUT2D eigenvalue weighted by Crippen LogP contribution is 2.60. The van der Waals surface area contributed by atoms with E-state index in [9.17, 15) is 10.2 Å². The van der Waals surface area contributed by atoms with Crippen LogP contribution in [0.15, 0.2) is 0 Å². The molecule has 2 bridgehead atoms. The van der Waals surface area contributed by atoms with Gasteiger partial charge in [-0.25, -0.2) is 0 Å². The van der Waals surface area contributed by atoms with Gasteiger partial charge in [0.1, 0.15) is 0 Å². The lowest BCUT2D eigenvalue weighted by atomic mass is 9.60. The van der Waals surface area contributed by atoms with E-state index in [1.807, 2.05) is 13.8 Å². The SMILES string of the molecule is C[C@@H]1CC[C@]2(C)O[C@@]1(C)[C@H](O)C1C2CC[C@]1(C)O. The van der Waals surface area contributed by atoms with Crippen molar-refractivity contribution in [3.63, 3.8) is 0 Å². The molecule has 104 valence electrons. The minimum atomic E-state index is -0.743. The van der Waals surface area contributed by atoms with Crippen molar-refractivity contribution < 1.29 is 14.9 Å². The molecule has 3 rings (SSSR count). The van der Waals surface area contributed by atoms with E-state index >= 15 is 0 Å². The second-order valence-electron chi connectivity index (χ2n) is 7.51. The summed E-state index contributed by atoms with van der Waals surface area (Å²) in [7, 11) is 0. The fourth-order valence-corrected chi connectivity index (χ4v) is 4.89. The molecule has 2 unspecified atom stereocenters. The van der Waals surface area contributed by atoms with Crippen LogP contribution in [0.2, 0.25) is 0 Å². The number of hydrogen-bond donors (Lipinski definition) is 2. The van der Waals surface area contributed by atoms with Crippen LogP contribution in [0.3, 0.4) is 0 Å². The maximum Gasteiger partial charge on any atom is 0.0948 e. The first kappa shape index (κ1) is 12.9. The summed E-state index contributed by atoms with van der Waals surface area (Å²) in [6, 6.07) is 0. The zero-order chi connectivity index (χ0) is 13.3. The molecule has 2 N–H and O–H groups in total. The lowest BCUT2D eigenvalue weighted by molar-refractivity contribution is -0.317. The van der Waals surface area contributed by atoms with Gasteiger partial charge in [-0.1, -0.05) is 6.92 Å². The van der Waals surface area contributed by atoms with Crippen LogP contribution in [-0.4, -0.2) is 33.1 Å². The second-order valence-corrected chi connectivity index (χ2v) is 7.51. The van der Waals surface area contributed by atoms with Crippen LogP contribution in [0.5, 0.6) is 0 Å². The van der Waals surface area contributed by atoms with Gasteiger partial charge in [-0.3, -0.25) is 0 Å². The molecular formula is C15H26O3. The van der Waals surface area contributed by atoms with Gasteiger partial charge in [0.25, 0.3) is 0 Å². The van der Waals surface area contributed by atoms with Gasteiger partial charge in [0.05, 0.1) is 22.9 Å². The Morgan fingerprint density at radius 2 is 1.78 bits per heavy atom. The van der Waals surface area contributed by atoms with Crippen molar-refractivity contribution in [3.05, 3.63) is 0 Å². The number of aliphatic hydroxyl groups is 2. The third-order valence-electron chi connectivity index (χ3n) is 6.33. The van der Waals surface area contributed by atoms with Crippen molar-refractivity contribution in [3.8, 4) is 0 Å². The van der Waals surface area contributed by atoms with Gasteiger partial charge in [0, 0.05) is 5.92 Å². The summed E-state index contributed by atoms with van der Waals surface area (Å²) in [4.78, 5) is 0. The number of hydrogen-bond acceptors (Lipinski definition) is 3. The Morgan fingerprint density at radius 1 is 1.11 bits per heavy atom. The minimum absolute atomic E-state index is 0.0380. The lowest BCUT2D eigenvalue weighted by Crippen LogP contribution is -2.69. The number of ether oxygens (including phenoxy) is 1. The maximum absolute atomic E-state index is 10.8. The van der Waals surface area contributed by atoms with E-state index in [0.717, 1.165) is 25.7 Å². The quantitative estimate of drug-likeness (QED) is 0.696. The van der Waals surface area contributed by atoms with Crippen LogP contribution in [0.25, 0.3) is 0 Å². The summed E-state index contributed by atoms with van der Waals surface area (Å²) >= 11 is 0. The van der Waals surface area contributed by atoms with Crippen molar-refractivity contribution in [2.45, 2.75) is 76.3 Å². The second kappa shape index (κ2) is 3.50. The Kier molecular flexibility index (Phi) is 2.51. The van der Waals surface area contributed by atoms with Crippen LogP contribution in [-0.2, 0) is 4.74 Å². The first-order valence-electron chi connectivity index (χ1n) is 7.31. The number of aliphatic hydroxyl groups excluding tert-OH is 1. The zero-order valence-electron chi connectivity index (χ0n) is 11.9. The van der Waals surface area contributed by atoms with E-state index in [4.69, 9.17) is 4.74 Å². The Hall–Kier alpha value is -0.120. The summed E-state index contributed by atoms with van der Waals surface area (Å²) in [6.45, 7) is 8.26. The predicted octanol–water partition coefficient (Wildman–Crippen LogP) is 2.10. The molecule has 1 saturated carbocycles. The highest BCUT2D eigenvalue weighted by Gasteiger charge is 2.66. The molecule has 2 saturated heterocycles. The van der Waals surface area contributed by atoms with Crippen LogP contribution in [0, 0.1) is 17.8 Å². The smallest absolute Gasteiger partial charge is 0.0948 e. The topological polar surface area (TPSA) is 49.7 Å². The fourth-order valence-electron chi connectivity index (χ4n) is 4.89. The Balaban J connectivity index is 2.06. The van der Waals surface area contributed by atoms with Crippen molar-refractivity contribution in [2.75, 3.05) is 0 Å². The summed E-state index contributed by atoms with van der Waals surface area (Å²) in [5.41, 5.74) is -1.40. The molecule has 0 radical (unpaired) electrons. The standard InChI is InChI=1S/C15H26O3/c1-9-5-8-14(3)10-6-7-13(2,17)11(10)12(16)15(9,4)18-14/h9-12,16-17H,5-8H2,1-4H3/t9-,10?,11?,12-,13+,14+,15-/m1/s1. The average molecular weight is 254 g/mol. The van der Waals surface area contributed by atoms with Crippen molar-refractivity contribution in [2.24, 2.45) is 17.8 Å². The molecule has 2 aliphatic heterocycles. The molecule has 3 nitrogen and oxygen atoms in total. The van der Waals surface area contributed by atoms with E-state index < -0.39 is 17.3 Å². The first-order chi connectivity index (χ1) is 8.21. The van der Waals surface area contributed by atoms with Crippen molar-refractivity contribution in [1.29, 1.82) is 0 Å². The molecule has 18 heavy (non-hydrogen) atoms. The summed E-state index contributed by atoms with van der Waals surface area (Å²) in [5, 5.41) is 21.4. The Bertz CT molecular complexity index is 367. The largest absolute Gasteiger partial charge is 0.390 e. The van der Waals surface area contributed by atoms with Gasteiger partial charge in [0.15, 0.2) is 0 Å². The maximum atomic E-state index is 10.8. The van der Waals surface area contributed by atoms with Gasteiger partial charge in [-0.15, -0.1) is 0 Å². The monoisotopic (exact) mass is 254 g/mol. The van der Waals surface area contributed by atoms with Gasteiger partial charge >= 0.3 is 0 Å². The van der Waals surface area contributed by atoms with Gasteiger partial charge in [0.2, 0.25) is 0 Å². The summed E-state index contributed by atoms with van der Waals surface area (Å²) < 4.78 is 6.37. The molecule has 3 heteroatoms. The van der Waals surface area contributed by atoms with Crippen LogP contribution in [0.4, 0.5) is 0 Å². The molecule has 0 aromatic carbocycles. The molecular weight excluding hydrogens is 228 g/mol. The van der Waals surface area contributed by atoms with E-state index in [2.05, 4.69) is 13.8 Å². The zero-order valence-corrected chi connectivity index (χ0v) is 11.9. The molecule has 3 aliphatic rings. The molecule has 0 aromatic heterocycles. The number of fused-ring (bicyclic) bond motifs is 4. The van der Waals surface area contributed by atoms with Crippen LogP contribution < -0.4 is 0 Å². The molecule has 0 amide bonds. The molecule has 0 spiro atoms. The van der Waals surface area contributed by atoms with Gasteiger partial charge < -0.3 is 14.9 Å². The van der Waals surface area contributed by atoms with Crippen LogP contribution in [0.1, 0.15) is 53.4 Å². The molecule has 7 atom stereocenters. The number of rotatable bonds is 0. The summed E-state index contributed by atoms with van der Waals surface area (Å²) in [5.74, 6) is 0.602. The first-order valence-corrected chi connectivity index (χ1v) is 7.31. The van der Waals surface area contributed by atoms with Crippen LogP contribution >= 0.6 is 0 Å². The summed E-state index contributed by atoms with van der Waals surface area (Å²) in [6.07, 6.45) is 3.35. The van der Waals surface area contributed by atoms with E-state index in [1.165, 1.54) is 0 Å². The van der Waals surface area contributed by atoms with Gasteiger partial charge in [-0.2, -0.15) is 0 Å². The van der Waals surface area contributed by atoms with Gasteiger partial charge in [-0.05, 0) is 58.3 Å². The molecule has 1 aliphatic carbocycles. The van der Waals surface area contributed by atoms with E-state index in [1.54, 1.807) is 0 Å². The fraction of sp³-hybridized carbons (Fsp3) is 1.00. The van der Waals surface area contributed by atoms with E-state index in [-0.39, 0.29) is 11.5 Å². The van der Waals surface area contributed by atoms with Crippen molar-refractivity contribution >= 4 is 0 Å². The van der Waals surface area contributed by atoms with Crippen molar-refractivity contribution in [1.82, 2.24) is 0 Å². The van der Waals surface area contributed by atoms with E-state index in [0.29, 0.717) is 11.8 Å². The molecule has 0 aromatic rings. The third kappa shape index (κ3) is 1.41. The normalized spacial score (nSPS) is 63.7. The average Bonchev–Trinajstić information content (AvgIpc) is 2.59. The highest BCUT2D eigenvalue weighted by molar-refractivity contribution is 5.15. The minimum Gasteiger partial charge on any atom is -0.390 e. The molecule has 2 heterocycles.